The fourth-order valence-electron chi connectivity index (χ4n) is 10.8. The van der Waals surface area contributed by atoms with E-state index in [4.69, 9.17) is 28.9 Å². The molecule has 7 rings (SSSR count). The van der Waals surface area contributed by atoms with Crippen molar-refractivity contribution in [1.29, 1.82) is 5.26 Å². The van der Waals surface area contributed by atoms with Gasteiger partial charge >= 0.3 is 12.1 Å². The lowest BCUT2D eigenvalue weighted by molar-refractivity contribution is 0.0145. The number of aromatic nitrogens is 2. The van der Waals surface area contributed by atoms with Crippen molar-refractivity contribution in [3.8, 4) is 40.4 Å². The van der Waals surface area contributed by atoms with Gasteiger partial charge in [-0.15, -0.1) is 5.54 Å². The molecular formula is C50H64F2N6O5Si. The van der Waals surface area contributed by atoms with Crippen LogP contribution in [0, 0.1) is 34.4 Å². The van der Waals surface area contributed by atoms with E-state index in [1.54, 1.807) is 31.7 Å². The Bertz CT molecular complexity index is 2460. The smallest absolute Gasteiger partial charge is 0.410 e. The molecule has 1 amide bonds. The molecule has 4 heterocycles. The molecule has 3 aliphatic heterocycles. The highest BCUT2D eigenvalue weighted by atomic mass is 28.3. The molecule has 0 radical (unpaired) electrons. The Labute approximate surface area is 378 Å². The number of rotatable bonds is 12. The van der Waals surface area contributed by atoms with E-state index >= 15 is 8.78 Å². The molecule has 342 valence electrons. The van der Waals surface area contributed by atoms with Gasteiger partial charge < -0.3 is 28.7 Å². The van der Waals surface area contributed by atoms with Gasteiger partial charge in [0.05, 0.1) is 29.6 Å². The Balaban J connectivity index is 1.42. The van der Waals surface area contributed by atoms with Crippen LogP contribution in [0.2, 0.25) is 16.6 Å². The quantitative estimate of drug-likeness (QED) is 0.0774. The number of carbonyl (C=O) groups is 1. The third-order valence-electron chi connectivity index (χ3n) is 13.7. The minimum Gasteiger partial charge on any atom is -0.468 e. The minimum atomic E-state index is -2.20. The number of amides is 1. The highest BCUT2D eigenvalue weighted by Gasteiger charge is 2.45. The number of carbonyl (C=O) groups excluding carboxylic acids is 1. The number of halogens is 2. The number of benzene rings is 3. The van der Waals surface area contributed by atoms with Gasteiger partial charge in [0, 0.05) is 48.6 Å². The normalized spacial score (nSPS) is 17.9. The molecule has 1 aromatic heterocycles. The summed E-state index contributed by atoms with van der Waals surface area (Å²) in [5, 5.41) is 11.3. The number of hydrogen-bond acceptors (Lipinski definition) is 10. The maximum atomic E-state index is 17.9. The predicted octanol–water partition coefficient (Wildman–Crippen LogP) is 10.6. The van der Waals surface area contributed by atoms with Crippen LogP contribution in [-0.4, -0.2) is 104 Å². The average Bonchev–Trinajstić information content (AvgIpc) is 3.82. The molecule has 3 aromatic carbocycles. The van der Waals surface area contributed by atoms with E-state index in [-0.39, 0.29) is 72.2 Å². The summed E-state index contributed by atoms with van der Waals surface area (Å²) in [4.78, 5) is 28.9. The highest BCUT2D eigenvalue weighted by molar-refractivity contribution is 6.90. The molecule has 0 saturated carbocycles. The van der Waals surface area contributed by atoms with Gasteiger partial charge in [-0.1, -0.05) is 59.6 Å². The van der Waals surface area contributed by atoms with E-state index in [2.05, 4.69) is 64.0 Å². The molecule has 0 bridgehead atoms. The summed E-state index contributed by atoms with van der Waals surface area (Å²) in [6.45, 7) is 21.8. The van der Waals surface area contributed by atoms with Crippen molar-refractivity contribution in [2.45, 2.75) is 128 Å². The molecule has 0 unspecified atom stereocenters. The van der Waals surface area contributed by atoms with Crippen LogP contribution in [0.15, 0.2) is 36.4 Å². The van der Waals surface area contributed by atoms with Crippen LogP contribution in [0.3, 0.4) is 0 Å². The lowest BCUT2D eigenvalue weighted by atomic mass is 9.93. The SMILES string of the molecule is COCOc1cc(-c2c(F)cc3c(N4CCN(C(=O)OC(C)(C)C)[C@@H](CC#N)C4)nc(OCC45CCCN4CCC5)nc3c2F)c2c(C#C[Si](C(C)C)(C(C)C)C(C)C)cccc2c1. The molecule has 64 heavy (non-hydrogen) atoms. The summed E-state index contributed by atoms with van der Waals surface area (Å²) < 4.78 is 58.6. The molecule has 11 nitrogen and oxygen atoms in total. The van der Waals surface area contributed by atoms with Crippen LogP contribution < -0.4 is 14.4 Å². The lowest BCUT2D eigenvalue weighted by Gasteiger charge is -2.41. The van der Waals surface area contributed by atoms with Crippen LogP contribution in [0.5, 0.6) is 11.8 Å². The van der Waals surface area contributed by atoms with E-state index in [9.17, 15) is 10.1 Å². The Morgan fingerprint density at radius 3 is 2.31 bits per heavy atom. The second-order valence-corrected chi connectivity index (χ2v) is 25.3. The maximum Gasteiger partial charge on any atom is 0.410 e. The van der Waals surface area contributed by atoms with Crippen LogP contribution in [-0.2, 0) is 9.47 Å². The third-order valence-corrected chi connectivity index (χ3v) is 20.0. The largest absolute Gasteiger partial charge is 0.468 e. The first-order valence-electron chi connectivity index (χ1n) is 22.8. The molecular weight excluding hydrogens is 831 g/mol. The van der Waals surface area contributed by atoms with Crippen LogP contribution in [0.25, 0.3) is 32.8 Å². The van der Waals surface area contributed by atoms with Crippen LogP contribution >= 0.6 is 0 Å². The molecule has 0 N–H and O–H groups in total. The van der Waals surface area contributed by atoms with Crippen LogP contribution in [0.1, 0.15) is 100.0 Å². The zero-order chi connectivity index (χ0) is 46.1. The van der Waals surface area contributed by atoms with Gasteiger partial charge in [-0.3, -0.25) is 4.90 Å². The highest BCUT2D eigenvalue weighted by Crippen LogP contribution is 2.44. The predicted molar refractivity (Wildman–Crippen MR) is 250 cm³/mol. The first-order chi connectivity index (χ1) is 30.4. The number of nitriles is 1. The molecule has 3 saturated heterocycles. The van der Waals surface area contributed by atoms with Crippen molar-refractivity contribution in [2.24, 2.45) is 0 Å². The van der Waals surface area contributed by atoms with E-state index in [0.29, 0.717) is 45.3 Å². The summed E-state index contributed by atoms with van der Waals surface area (Å²) in [6, 6.07) is 12.1. The van der Waals surface area contributed by atoms with Crippen molar-refractivity contribution in [1.82, 2.24) is 19.8 Å². The van der Waals surface area contributed by atoms with Crippen LogP contribution in [0.4, 0.5) is 19.4 Å². The van der Waals surface area contributed by atoms with Crippen molar-refractivity contribution >= 4 is 41.7 Å². The summed E-state index contributed by atoms with van der Waals surface area (Å²) in [6.07, 6.45) is 3.58. The number of piperazine rings is 1. The first-order valence-corrected chi connectivity index (χ1v) is 25.1. The summed E-state index contributed by atoms with van der Waals surface area (Å²) in [7, 11) is -0.690. The number of methoxy groups -OCH3 is 1. The van der Waals surface area contributed by atoms with E-state index in [0.717, 1.165) is 38.8 Å². The van der Waals surface area contributed by atoms with E-state index in [1.807, 2.05) is 29.2 Å². The average molecular weight is 895 g/mol. The van der Waals surface area contributed by atoms with Crippen molar-refractivity contribution in [3.05, 3.63) is 53.6 Å². The molecule has 0 aliphatic carbocycles. The van der Waals surface area contributed by atoms with Gasteiger partial charge in [-0.2, -0.15) is 15.2 Å². The lowest BCUT2D eigenvalue weighted by Crippen LogP contribution is -2.56. The summed E-state index contributed by atoms with van der Waals surface area (Å²) in [5.74, 6) is 2.50. The number of nitrogens with zero attached hydrogens (tertiary/aromatic N) is 6. The van der Waals surface area contributed by atoms with Crippen molar-refractivity contribution in [3.63, 3.8) is 0 Å². The third kappa shape index (κ3) is 9.11. The zero-order valence-corrected chi connectivity index (χ0v) is 40.2. The van der Waals surface area contributed by atoms with E-state index in [1.165, 1.54) is 13.2 Å². The Morgan fingerprint density at radius 2 is 1.67 bits per heavy atom. The molecule has 14 heteroatoms. The maximum absolute atomic E-state index is 17.9. The number of ether oxygens (including phenoxy) is 4. The molecule has 3 fully saturated rings. The zero-order valence-electron chi connectivity index (χ0n) is 39.2. The van der Waals surface area contributed by atoms with Gasteiger partial charge in [0.1, 0.15) is 43.2 Å². The molecule has 1 atom stereocenters. The van der Waals surface area contributed by atoms with Gasteiger partial charge in [0.25, 0.3) is 0 Å². The first kappa shape index (κ1) is 47.0. The number of anilines is 1. The second-order valence-electron chi connectivity index (χ2n) is 19.7. The van der Waals surface area contributed by atoms with E-state index < -0.39 is 37.4 Å². The Morgan fingerprint density at radius 1 is 0.969 bits per heavy atom. The minimum absolute atomic E-state index is 0.0161. The van der Waals surface area contributed by atoms with Gasteiger partial charge in [-0.25, -0.2) is 13.6 Å². The molecule has 0 spiro atoms. The van der Waals surface area contributed by atoms with Crippen molar-refractivity contribution < 1.29 is 32.5 Å². The Hall–Kier alpha value is -5.02. The monoisotopic (exact) mass is 894 g/mol. The fourth-order valence-corrected chi connectivity index (χ4v) is 16.0. The molecule has 4 aromatic rings. The van der Waals surface area contributed by atoms with Gasteiger partial charge in [0.15, 0.2) is 12.6 Å². The van der Waals surface area contributed by atoms with Crippen molar-refractivity contribution in [2.75, 3.05) is 58.1 Å². The number of hydrogen-bond donors (Lipinski definition) is 0. The fraction of sp³-hybridized carbons (Fsp3) is 0.560. The van der Waals surface area contributed by atoms with Gasteiger partial charge in [-0.05, 0) is 106 Å². The molecule has 3 aliphatic rings. The summed E-state index contributed by atoms with van der Waals surface area (Å²) >= 11 is 0. The Kier molecular flexibility index (Phi) is 13.8. The standard InChI is InChI=1S/C50H64F2N6O5Si/c1-32(2)64(33(3)4,34(5)6)25-17-35-14-11-15-36-26-38(62-31-60-10)27-39(42(35)36)43-41(51)28-40-45(44(43)52)54-47(61-30-50-18-12-21-57(50)22-13-19-50)55-46(40)56-23-24-58(37(29-56)16-20-53)48(59)63-49(7,8)9/h11,14-15,26-28,32-34,37H,12-13,16,18-19,21-24,29-31H2,1-10H3/t37-/m0/s1. The van der Waals surface area contributed by atoms with Gasteiger partial charge in [0.2, 0.25) is 0 Å². The summed E-state index contributed by atoms with van der Waals surface area (Å²) in [5.41, 5.74) is 4.61. The second kappa shape index (κ2) is 18.8. The topological polar surface area (TPSA) is 113 Å². The number of fused-ring (bicyclic) bond motifs is 3.